The zero-order valence-electron chi connectivity index (χ0n) is 16.2. The molecule has 2 N–H and O–H groups in total. The number of amides is 2. The number of carbonyl (C=O) groups is 2. The third-order valence-corrected chi connectivity index (χ3v) is 4.45. The van der Waals surface area contributed by atoms with Crippen LogP contribution in [0.1, 0.15) is 51.7 Å². The molecule has 0 atom stereocenters. The molecule has 0 unspecified atom stereocenters. The highest BCUT2D eigenvalue weighted by Crippen LogP contribution is 2.27. The van der Waals surface area contributed by atoms with E-state index in [1.165, 1.54) is 12.3 Å². The Kier molecular flexibility index (Phi) is 5.84. The first-order valence-electron chi connectivity index (χ1n) is 9.19. The number of benzene rings is 2. The van der Waals surface area contributed by atoms with Crippen molar-refractivity contribution in [2.75, 3.05) is 10.6 Å². The standard InChI is InChI=1S/C23H23N3O2/c1-15(2)19-11-7-8-16(3)21(19)26-23(28)20-14-17(12-13-24-20)22(27)25-18-9-5-4-6-10-18/h4-15H,1-3H3,(H,25,27)(H,26,28). The van der Waals surface area contributed by atoms with Gasteiger partial charge < -0.3 is 10.6 Å². The van der Waals surface area contributed by atoms with Crippen LogP contribution in [0.4, 0.5) is 11.4 Å². The minimum absolute atomic E-state index is 0.193. The van der Waals surface area contributed by atoms with E-state index in [0.29, 0.717) is 11.3 Å². The van der Waals surface area contributed by atoms with Crippen LogP contribution in [0, 0.1) is 6.92 Å². The van der Waals surface area contributed by atoms with Gasteiger partial charge >= 0.3 is 0 Å². The first kappa shape index (κ1) is 19.3. The van der Waals surface area contributed by atoms with E-state index in [9.17, 15) is 9.59 Å². The molecule has 5 heteroatoms. The van der Waals surface area contributed by atoms with Crippen LogP contribution < -0.4 is 10.6 Å². The first-order chi connectivity index (χ1) is 13.5. The molecule has 0 aliphatic heterocycles. The van der Waals surface area contributed by atoms with E-state index in [-0.39, 0.29) is 23.4 Å². The summed E-state index contributed by atoms with van der Waals surface area (Å²) in [7, 11) is 0. The van der Waals surface area contributed by atoms with Crippen molar-refractivity contribution in [1.82, 2.24) is 4.98 Å². The fourth-order valence-electron chi connectivity index (χ4n) is 2.94. The predicted molar refractivity (Wildman–Crippen MR) is 112 cm³/mol. The molecule has 0 spiro atoms. The van der Waals surface area contributed by atoms with Crippen molar-refractivity contribution in [2.24, 2.45) is 0 Å². The van der Waals surface area contributed by atoms with Crippen molar-refractivity contribution in [3.63, 3.8) is 0 Å². The number of aromatic nitrogens is 1. The van der Waals surface area contributed by atoms with Crippen LogP contribution in [0.3, 0.4) is 0 Å². The average Bonchev–Trinajstić information content (AvgIpc) is 2.70. The van der Waals surface area contributed by atoms with Crippen LogP contribution in [-0.4, -0.2) is 16.8 Å². The number of para-hydroxylation sites is 2. The summed E-state index contributed by atoms with van der Waals surface area (Å²) in [6, 6.07) is 18.2. The minimum atomic E-state index is -0.342. The van der Waals surface area contributed by atoms with E-state index in [4.69, 9.17) is 0 Å². The van der Waals surface area contributed by atoms with Crippen molar-refractivity contribution < 1.29 is 9.59 Å². The Bertz CT molecular complexity index is 998. The van der Waals surface area contributed by atoms with Crippen LogP contribution in [0.25, 0.3) is 0 Å². The molecule has 0 radical (unpaired) electrons. The first-order valence-corrected chi connectivity index (χ1v) is 9.19. The lowest BCUT2D eigenvalue weighted by molar-refractivity contribution is 0.102. The maximum Gasteiger partial charge on any atom is 0.274 e. The van der Waals surface area contributed by atoms with Crippen LogP contribution in [-0.2, 0) is 0 Å². The highest BCUT2D eigenvalue weighted by atomic mass is 16.2. The monoisotopic (exact) mass is 373 g/mol. The SMILES string of the molecule is Cc1cccc(C(C)C)c1NC(=O)c1cc(C(=O)Nc2ccccc2)ccn1. The summed E-state index contributed by atoms with van der Waals surface area (Å²) in [5.41, 5.74) is 4.10. The van der Waals surface area contributed by atoms with Gasteiger partial charge in [-0.3, -0.25) is 14.6 Å². The van der Waals surface area contributed by atoms with Gasteiger partial charge in [-0.2, -0.15) is 0 Å². The highest BCUT2D eigenvalue weighted by Gasteiger charge is 2.16. The Balaban J connectivity index is 1.81. The highest BCUT2D eigenvalue weighted by molar-refractivity contribution is 6.08. The molecule has 28 heavy (non-hydrogen) atoms. The minimum Gasteiger partial charge on any atom is -0.322 e. The largest absolute Gasteiger partial charge is 0.322 e. The molecule has 0 aliphatic rings. The second-order valence-electron chi connectivity index (χ2n) is 6.90. The number of rotatable bonds is 5. The molecule has 3 aromatic rings. The summed E-state index contributed by atoms with van der Waals surface area (Å²) < 4.78 is 0. The second-order valence-corrected chi connectivity index (χ2v) is 6.90. The van der Waals surface area contributed by atoms with Crippen molar-refractivity contribution in [1.29, 1.82) is 0 Å². The van der Waals surface area contributed by atoms with E-state index >= 15 is 0 Å². The van der Waals surface area contributed by atoms with Crippen LogP contribution in [0.2, 0.25) is 0 Å². The fraction of sp³-hybridized carbons (Fsp3) is 0.174. The normalized spacial score (nSPS) is 10.6. The Labute approximate surface area is 164 Å². The quantitative estimate of drug-likeness (QED) is 0.660. The van der Waals surface area contributed by atoms with Crippen molar-refractivity contribution in [3.05, 3.63) is 89.2 Å². The van der Waals surface area contributed by atoms with Gasteiger partial charge in [0.2, 0.25) is 0 Å². The van der Waals surface area contributed by atoms with E-state index in [1.54, 1.807) is 18.2 Å². The van der Waals surface area contributed by atoms with E-state index in [2.05, 4.69) is 29.5 Å². The third kappa shape index (κ3) is 4.43. The summed E-state index contributed by atoms with van der Waals surface area (Å²) in [5.74, 6) is -0.363. The Morgan fingerprint density at radius 3 is 2.36 bits per heavy atom. The number of hydrogen-bond donors (Lipinski definition) is 2. The predicted octanol–water partition coefficient (Wildman–Crippen LogP) is 5.02. The zero-order chi connectivity index (χ0) is 20.1. The molecule has 0 saturated heterocycles. The molecule has 1 aromatic heterocycles. The number of nitrogens with zero attached hydrogens (tertiary/aromatic N) is 1. The number of carbonyl (C=O) groups excluding carboxylic acids is 2. The zero-order valence-corrected chi connectivity index (χ0v) is 16.2. The number of hydrogen-bond acceptors (Lipinski definition) is 3. The number of nitrogens with one attached hydrogen (secondary N) is 2. The molecule has 0 bridgehead atoms. The second kappa shape index (κ2) is 8.48. The summed E-state index contributed by atoms with van der Waals surface area (Å²) in [5, 5.41) is 5.77. The number of anilines is 2. The van der Waals surface area contributed by atoms with Gasteiger partial charge in [0.05, 0.1) is 0 Å². The molecule has 0 saturated carbocycles. The van der Waals surface area contributed by atoms with Gasteiger partial charge in [-0.05, 0) is 48.2 Å². The van der Waals surface area contributed by atoms with Crippen molar-refractivity contribution in [2.45, 2.75) is 26.7 Å². The molecule has 2 aromatic carbocycles. The summed E-state index contributed by atoms with van der Waals surface area (Å²) in [6.45, 7) is 6.12. The summed E-state index contributed by atoms with van der Waals surface area (Å²) >= 11 is 0. The van der Waals surface area contributed by atoms with E-state index < -0.39 is 0 Å². The summed E-state index contributed by atoms with van der Waals surface area (Å²) in [4.78, 5) is 29.4. The van der Waals surface area contributed by atoms with E-state index in [1.807, 2.05) is 43.3 Å². The van der Waals surface area contributed by atoms with Gasteiger partial charge in [0.15, 0.2) is 0 Å². The molecular formula is C23H23N3O2. The van der Waals surface area contributed by atoms with Crippen molar-refractivity contribution in [3.8, 4) is 0 Å². The van der Waals surface area contributed by atoms with Gasteiger partial charge in [-0.1, -0.05) is 50.2 Å². The van der Waals surface area contributed by atoms with Crippen LogP contribution in [0.15, 0.2) is 66.9 Å². The molecule has 0 fully saturated rings. The van der Waals surface area contributed by atoms with E-state index in [0.717, 1.165) is 16.8 Å². The van der Waals surface area contributed by atoms with Crippen molar-refractivity contribution >= 4 is 23.2 Å². The average molecular weight is 373 g/mol. The maximum absolute atomic E-state index is 12.8. The lowest BCUT2D eigenvalue weighted by Crippen LogP contribution is -2.18. The smallest absolute Gasteiger partial charge is 0.274 e. The number of aryl methyl sites for hydroxylation is 1. The lowest BCUT2D eigenvalue weighted by atomic mass is 9.98. The maximum atomic E-state index is 12.8. The lowest BCUT2D eigenvalue weighted by Gasteiger charge is -2.16. The van der Waals surface area contributed by atoms with Gasteiger partial charge in [0, 0.05) is 23.1 Å². The molecule has 2 amide bonds. The molecule has 3 rings (SSSR count). The number of pyridine rings is 1. The molecular weight excluding hydrogens is 350 g/mol. The summed E-state index contributed by atoms with van der Waals surface area (Å²) in [6.07, 6.45) is 1.47. The van der Waals surface area contributed by atoms with Crippen LogP contribution >= 0.6 is 0 Å². The molecule has 142 valence electrons. The fourth-order valence-corrected chi connectivity index (χ4v) is 2.94. The molecule has 1 heterocycles. The van der Waals surface area contributed by atoms with Gasteiger partial charge in [-0.15, -0.1) is 0 Å². The van der Waals surface area contributed by atoms with Crippen LogP contribution in [0.5, 0.6) is 0 Å². The topological polar surface area (TPSA) is 71.1 Å². The Morgan fingerprint density at radius 1 is 0.893 bits per heavy atom. The third-order valence-electron chi connectivity index (χ3n) is 4.45. The van der Waals surface area contributed by atoms with Gasteiger partial charge in [0.1, 0.15) is 5.69 Å². The molecule has 5 nitrogen and oxygen atoms in total. The molecule has 0 aliphatic carbocycles. The van der Waals surface area contributed by atoms with Gasteiger partial charge in [0.25, 0.3) is 11.8 Å². The Hall–Kier alpha value is -3.47. The Morgan fingerprint density at radius 2 is 1.64 bits per heavy atom. The van der Waals surface area contributed by atoms with Gasteiger partial charge in [-0.25, -0.2) is 0 Å².